The monoisotopic (exact) mass is 441 g/mol. The second-order valence-corrected chi connectivity index (χ2v) is 8.90. The number of carbonyl (C=O) groups is 2. The van der Waals surface area contributed by atoms with E-state index < -0.39 is 0 Å². The minimum Gasteiger partial charge on any atom is -0.385 e. The average molecular weight is 442 g/mol. The molecule has 7 heteroatoms. The van der Waals surface area contributed by atoms with Crippen LogP contribution in [0.25, 0.3) is 11.1 Å². The van der Waals surface area contributed by atoms with Gasteiger partial charge >= 0.3 is 0 Å². The van der Waals surface area contributed by atoms with E-state index in [1.165, 1.54) is 0 Å². The Kier molecular flexibility index (Phi) is 6.88. The van der Waals surface area contributed by atoms with Gasteiger partial charge < -0.3 is 15.0 Å². The summed E-state index contributed by atoms with van der Waals surface area (Å²) in [4.78, 5) is 30.4. The zero-order valence-corrected chi connectivity index (χ0v) is 18.5. The maximum Gasteiger partial charge on any atom is 0.223 e. The molecule has 1 unspecified atom stereocenters. The van der Waals surface area contributed by atoms with E-state index in [0.717, 1.165) is 49.4 Å². The van der Waals surface area contributed by atoms with Gasteiger partial charge in [-0.15, -0.1) is 0 Å². The van der Waals surface area contributed by atoms with E-state index in [4.69, 9.17) is 16.3 Å². The van der Waals surface area contributed by atoms with Crippen LogP contribution in [0.4, 0.5) is 5.69 Å². The van der Waals surface area contributed by atoms with Crippen LogP contribution in [0.1, 0.15) is 25.0 Å². The Labute approximate surface area is 187 Å². The summed E-state index contributed by atoms with van der Waals surface area (Å²) < 4.78 is 5.43. The van der Waals surface area contributed by atoms with Gasteiger partial charge in [-0.3, -0.25) is 14.6 Å². The Morgan fingerprint density at radius 1 is 1.29 bits per heavy atom. The Hall–Kier alpha value is -2.44. The summed E-state index contributed by atoms with van der Waals surface area (Å²) >= 11 is 6.45. The van der Waals surface area contributed by atoms with Crippen molar-refractivity contribution in [3.8, 4) is 11.1 Å². The Morgan fingerprint density at radius 2 is 2.10 bits per heavy atom. The molecule has 164 valence electrons. The average Bonchev–Trinajstić information content (AvgIpc) is 3.13. The summed E-state index contributed by atoms with van der Waals surface area (Å²) in [7, 11) is 1.73. The van der Waals surface area contributed by atoms with Crippen molar-refractivity contribution in [3.05, 3.63) is 47.2 Å². The number of hydrogen-bond donors (Lipinski definition) is 1. The number of nitrogens with zero attached hydrogens (tertiary/aromatic N) is 2. The van der Waals surface area contributed by atoms with Crippen LogP contribution in [0, 0.1) is 11.8 Å². The summed E-state index contributed by atoms with van der Waals surface area (Å²) in [6.07, 6.45) is 4.27. The van der Waals surface area contributed by atoms with E-state index in [0.29, 0.717) is 23.2 Å². The molecule has 3 heterocycles. The van der Waals surface area contributed by atoms with Crippen LogP contribution in [0.2, 0.25) is 5.02 Å². The van der Waals surface area contributed by atoms with Gasteiger partial charge in [0.25, 0.3) is 0 Å². The fourth-order valence-corrected chi connectivity index (χ4v) is 4.42. The second-order valence-electron chi connectivity index (χ2n) is 8.49. The van der Waals surface area contributed by atoms with Crippen molar-refractivity contribution in [3.63, 3.8) is 0 Å². The van der Waals surface area contributed by atoms with Crippen LogP contribution in [-0.4, -0.2) is 54.9 Å². The molecule has 0 radical (unpaired) electrons. The number of Topliss-reactive ketones (excluding diaryl/α,β-unsaturated/α-hetero) is 1. The third kappa shape index (κ3) is 5.43. The number of rotatable bonds is 7. The maximum absolute atomic E-state index is 12.7. The van der Waals surface area contributed by atoms with Crippen LogP contribution in [0.15, 0.2) is 36.5 Å². The smallest absolute Gasteiger partial charge is 0.223 e. The molecule has 4 rings (SSSR count). The minimum absolute atomic E-state index is 0.0215. The van der Waals surface area contributed by atoms with Crippen LogP contribution in [0.3, 0.4) is 0 Å². The molecule has 0 saturated carbocycles. The number of nitrogens with one attached hydrogen (secondary N) is 1. The zero-order chi connectivity index (χ0) is 21.8. The zero-order valence-electron chi connectivity index (χ0n) is 17.8. The summed E-state index contributed by atoms with van der Waals surface area (Å²) in [6, 6.07) is 10.0. The summed E-state index contributed by atoms with van der Waals surface area (Å²) in [5, 5.41) is 4.08. The number of pyridine rings is 1. The lowest BCUT2D eigenvalue weighted by molar-refractivity contribution is -0.127. The van der Waals surface area contributed by atoms with E-state index in [-0.39, 0.29) is 30.4 Å². The highest BCUT2D eigenvalue weighted by Gasteiger charge is 2.32. The van der Waals surface area contributed by atoms with Crippen molar-refractivity contribution < 1.29 is 14.3 Å². The predicted molar refractivity (Wildman–Crippen MR) is 121 cm³/mol. The summed E-state index contributed by atoms with van der Waals surface area (Å²) in [6.45, 7) is 3.09. The Morgan fingerprint density at radius 3 is 2.84 bits per heavy atom. The van der Waals surface area contributed by atoms with Crippen LogP contribution >= 0.6 is 11.6 Å². The standard InChI is InChI=1S/C24H28ClN3O3/c1-28-15-18(10-24(28)30)23(29)12-20-11-21(22(25)14-27-20)17-3-2-4-19(9-17)26-13-16-5-7-31-8-6-16/h2-4,9,11,14,16,18,26H,5-8,10,12-13,15H2,1H3. The largest absolute Gasteiger partial charge is 0.385 e. The molecule has 1 amide bonds. The van der Waals surface area contributed by atoms with E-state index in [1.807, 2.05) is 18.2 Å². The molecule has 0 bridgehead atoms. The van der Waals surface area contributed by atoms with Gasteiger partial charge in [0.05, 0.1) is 5.02 Å². The fourth-order valence-electron chi connectivity index (χ4n) is 4.21. The third-order valence-electron chi connectivity index (χ3n) is 6.17. The molecule has 0 spiro atoms. The normalized spacial score (nSPS) is 19.6. The Bertz CT molecular complexity index is 959. The summed E-state index contributed by atoms with van der Waals surface area (Å²) in [5.74, 6) is 0.440. The third-order valence-corrected chi connectivity index (χ3v) is 6.47. The molecule has 6 nitrogen and oxygen atoms in total. The minimum atomic E-state index is -0.254. The topological polar surface area (TPSA) is 71.5 Å². The molecule has 2 aromatic rings. The Balaban J connectivity index is 1.45. The fraction of sp³-hybridized carbons (Fsp3) is 0.458. The first-order chi connectivity index (χ1) is 15.0. The number of ether oxygens (including phenoxy) is 1. The summed E-state index contributed by atoms with van der Waals surface area (Å²) in [5.41, 5.74) is 3.55. The van der Waals surface area contributed by atoms with Crippen molar-refractivity contribution in [2.24, 2.45) is 11.8 Å². The first-order valence-electron chi connectivity index (χ1n) is 10.8. The van der Waals surface area contributed by atoms with E-state index in [9.17, 15) is 9.59 Å². The molecular formula is C24H28ClN3O3. The van der Waals surface area contributed by atoms with Gasteiger partial charge in [-0.25, -0.2) is 0 Å². The number of benzene rings is 1. The van der Waals surface area contributed by atoms with Gasteiger partial charge in [0.1, 0.15) is 5.78 Å². The SMILES string of the molecule is CN1CC(C(=O)Cc2cc(-c3cccc(NCC4CCOCC4)c3)c(Cl)cn2)CC1=O. The molecule has 0 aliphatic carbocycles. The number of halogens is 1. The molecule has 1 atom stereocenters. The van der Waals surface area contributed by atoms with Crippen molar-refractivity contribution in [2.45, 2.75) is 25.7 Å². The predicted octanol–water partition coefficient (Wildman–Crippen LogP) is 3.83. The van der Waals surface area contributed by atoms with E-state index in [2.05, 4.69) is 22.4 Å². The van der Waals surface area contributed by atoms with Crippen LogP contribution in [0.5, 0.6) is 0 Å². The number of likely N-dealkylation sites (tertiary alicyclic amines) is 1. The van der Waals surface area contributed by atoms with Gasteiger partial charge in [0.2, 0.25) is 5.91 Å². The molecule has 2 saturated heterocycles. The van der Waals surface area contributed by atoms with Crippen molar-refractivity contribution in [2.75, 3.05) is 38.7 Å². The van der Waals surface area contributed by atoms with Gasteiger partial charge in [0, 0.05) is 75.3 Å². The lowest BCUT2D eigenvalue weighted by atomic mass is 9.97. The van der Waals surface area contributed by atoms with Crippen molar-refractivity contribution in [1.29, 1.82) is 0 Å². The first-order valence-corrected chi connectivity index (χ1v) is 11.2. The molecule has 1 aromatic carbocycles. The number of hydrogen-bond acceptors (Lipinski definition) is 5. The number of ketones is 1. The molecule has 31 heavy (non-hydrogen) atoms. The highest BCUT2D eigenvalue weighted by Crippen LogP contribution is 2.30. The molecule has 2 aliphatic heterocycles. The van der Waals surface area contributed by atoms with E-state index >= 15 is 0 Å². The second kappa shape index (κ2) is 9.79. The van der Waals surface area contributed by atoms with Gasteiger partial charge in [0.15, 0.2) is 0 Å². The molecule has 1 N–H and O–H groups in total. The molecular weight excluding hydrogens is 414 g/mol. The quantitative estimate of drug-likeness (QED) is 0.707. The number of amides is 1. The molecule has 1 aromatic heterocycles. The van der Waals surface area contributed by atoms with Crippen LogP contribution < -0.4 is 5.32 Å². The number of carbonyl (C=O) groups excluding carboxylic acids is 2. The number of anilines is 1. The van der Waals surface area contributed by atoms with Crippen molar-refractivity contribution in [1.82, 2.24) is 9.88 Å². The molecule has 2 fully saturated rings. The lowest BCUT2D eigenvalue weighted by Gasteiger charge is -2.22. The first kappa shape index (κ1) is 21.8. The van der Waals surface area contributed by atoms with Gasteiger partial charge in [-0.05, 0) is 42.5 Å². The highest BCUT2D eigenvalue weighted by molar-refractivity contribution is 6.33. The van der Waals surface area contributed by atoms with E-state index in [1.54, 1.807) is 18.1 Å². The van der Waals surface area contributed by atoms with Gasteiger partial charge in [-0.1, -0.05) is 23.7 Å². The molecule has 2 aliphatic rings. The van der Waals surface area contributed by atoms with Crippen molar-refractivity contribution >= 4 is 29.0 Å². The van der Waals surface area contributed by atoms with Gasteiger partial charge in [-0.2, -0.15) is 0 Å². The van der Waals surface area contributed by atoms with Crippen LogP contribution in [-0.2, 0) is 20.7 Å². The maximum atomic E-state index is 12.7. The number of aromatic nitrogens is 1. The highest BCUT2D eigenvalue weighted by atomic mass is 35.5. The lowest BCUT2D eigenvalue weighted by Crippen LogP contribution is -2.22.